The molecule has 3 heterocycles. The van der Waals surface area contributed by atoms with Crippen molar-refractivity contribution in [1.29, 1.82) is 0 Å². The highest BCUT2D eigenvalue weighted by Crippen LogP contribution is 2.41. The molecule has 0 aliphatic carbocycles. The van der Waals surface area contributed by atoms with Crippen LogP contribution < -0.4 is 0 Å². The second kappa shape index (κ2) is 6.01. The first-order valence-electron chi connectivity index (χ1n) is 7.29. The zero-order valence-electron chi connectivity index (χ0n) is 11.9. The van der Waals surface area contributed by atoms with Gasteiger partial charge in [0.2, 0.25) is 5.91 Å². The average Bonchev–Trinajstić information content (AvgIpc) is 2.94. The largest absolute Gasteiger partial charge is 0.480 e. The number of aliphatic carboxylic acids is 1. The Morgan fingerprint density at radius 3 is 3.00 bits per heavy atom. The third kappa shape index (κ3) is 2.83. The van der Waals surface area contributed by atoms with Crippen LogP contribution in [0.15, 0.2) is 11.4 Å². The van der Waals surface area contributed by atoms with E-state index in [1.165, 1.54) is 4.88 Å². The van der Waals surface area contributed by atoms with Crippen LogP contribution in [-0.4, -0.2) is 40.2 Å². The van der Waals surface area contributed by atoms with Gasteiger partial charge in [-0.2, -0.15) is 0 Å². The summed E-state index contributed by atoms with van der Waals surface area (Å²) in [4.78, 5) is 27.3. The predicted octanol–water partition coefficient (Wildman–Crippen LogP) is 2.79. The second-order valence-electron chi connectivity index (χ2n) is 5.82. The molecule has 1 aromatic heterocycles. The third-order valence-corrected chi connectivity index (χ3v) is 6.56. The molecule has 3 rings (SSSR count). The van der Waals surface area contributed by atoms with Crippen molar-refractivity contribution in [2.75, 3.05) is 12.3 Å². The number of thioether (sulfide) groups is 1. The van der Waals surface area contributed by atoms with Crippen LogP contribution in [0.25, 0.3) is 0 Å². The number of carboxylic acid groups (broad SMARTS) is 1. The molecule has 114 valence electrons. The van der Waals surface area contributed by atoms with Crippen molar-refractivity contribution in [1.82, 2.24) is 4.90 Å². The second-order valence-corrected chi connectivity index (χ2v) is 8.03. The Morgan fingerprint density at radius 2 is 2.24 bits per heavy atom. The van der Waals surface area contributed by atoms with Gasteiger partial charge in [0.05, 0.1) is 0 Å². The number of carbonyl (C=O) groups is 2. The van der Waals surface area contributed by atoms with Crippen molar-refractivity contribution < 1.29 is 14.7 Å². The molecular weight excluding hydrogens is 306 g/mol. The summed E-state index contributed by atoms with van der Waals surface area (Å²) in [7, 11) is 0. The predicted molar refractivity (Wildman–Crippen MR) is 84.8 cm³/mol. The van der Waals surface area contributed by atoms with Gasteiger partial charge in [0.25, 0.3) is 0 Å². The van der Waals surface area contributed by atoms with E-state index in [0.717, 1.165) is 24.2 Å². The Balaban J connectivity index is 1.83. The lowest BCUT2D eigenvalue weighted by Gasteiger charge is -2.38. The first kappa shape index (κ1) is 14.9. The normalized spacial score (nSPS) is 29.0. The first-order valence-corrected chi connectivity index (χ1v) is 9.22. The fourth-order valence-corrected chi connectivity index (χ4v) is 5.50. The summed E-state index contributed by atoms with van der Waals surface area (Å²) in [5.74, 6) is 0.414. The zero-order valence-corrected chi connectivity index (χ0v) is 13.6. The minimum Gasteiger partial charge on any atom is -0.480 e. The molecule has 0 saturated carbocycles. The topological polar surface area (TPSA) is 57.6 Å². The molecule has 1 N–H and O–H groups in total. The smallest absolute Gasteiger partial charge is 0.326 e. The lowest BCUT2D eigenvalue weighted by Crippen LogP contribution is -2.51. The number of hydrogen-bond donors (Lipinski definition) is 1. The molecule has 3 atom stereocenters. The highest BCUT2D eigenvalue weighted by molar-refractivity contribution is 8.00. The van der Waals surface area contributed by atoms with E-state index in [1.54, 1.807) is 28.0 Å². The molecule has 1 aromatic rings. The van der Waals surface area contributed by atoms with Gasteiger partial charge in [0.15, 0.2) is 0 Å². The standard InChI is InChI=1S/C15H19NO3S2/c1-9-2-5-16(11(8-9)15(18)19)14(17)13-10-3-6-20-12(10)4-7-21-13/h3,6,9,11,13H,2,4-5,7-8H2,1H3,(H,18,19). The highest BCUT2D eigenvalue weighted by atomic mass is 32.2. The first-order chi connectivity index (χ1) is 10.1. The molecule has 21 heavy (non-hydrogen) atoms. The number of fused-ring (bicyclic) bond motifs is 1. The maximum absolute atomic E-state index is 12.9. The van der Waals surface area contributed by atoms with Crippen molar-refractivity contribution in [3.05, 3.63) is 21.9 Å². The molecule has 0 bridgehead atoms. The molecule has 3 unspecified atom stereocenters. The number of thiophene rings is 1. The van der Waals surface area contributed by atoms with Gasteiger partial charge < -0.3 is 10.0 Å². The van der Waals surface area contributed by atoms with Gasteiger partial charge in [-0.3, -0.25) is 4.79 Å². The van der Waals surface area contributed by atoms with Crippen LogP contribution in [-0.2, 0) is 16.0 Å². The number of nitrogens with zero attached hydrogens (tertiary/aromatic N) is 1. The average molecular weight is 325 g/mol. The van der Waals surface area contributed by atoms with Crippen LogP contribution in [0.5, 0.6) is 0 Å². The molecule has 1 saturated heterocycles. The van der Waals surface area contributed by atoms with E-state index in [0.29, 0.717) is 18.9 Å². The SMILES string of the molecule is CC1CCN(C(=O)C2SCCc3sccc32)C(C(=O)O)C1. The third-order valence-electron chi connectivity index (χ3n) is 4.33. The van der Waals surface area contributed by atoms with E-state index in [-0.39, 0.29) is 11.2 Å². The monoisotopic (exact) mass is 325 g/mol. The number of carbonyl (C=O) groups excluding carboxylic acids is 1. The number of piperidine rings is 1. The van der Waals surface area contributed by atoms with Gasteiger partial charge in [0.1, 0.15) is 11.3 Å². The molecule has 0 aromatic carbocycles. The van der Waals surface area contributed by atoms with Gasteiger partial charge in [-0.1, -0.05) is 6.92 Å². The Bertz CT molecular complexity index is 557. The number of carboxylic acids is 1. The van der Waals surface area contributed by atoms with E-state index < -0.39 is 12.0 Å². The summed E-state index contributed by atoms with van der Waals surface area (Å²) >= 11 is 3.35. The minimum absolute atomic E-state index is 0.0151. The number of likely N-dealkylation sites (tertiary alicyclic amines) is 1. The molecule has 2 aliphatic heterocycles. The number of amides is 1. The van der Waals surface area contributed by atoms with Gasteiger partial charge in [-0.15, -0.1) is 23.1 Å². The van der Waals surface area contributed by atoms with Crippen LogP contribution in [0, 0.1) is 5.92 Å². The maximum Gasteiger partial charge on any atom is 0.326 e. The maximum atomic E-state index is 12.9. The molecule has 6 heteroatoms. The summed E-state index contributed by atoms with van der Waals surface area (Å²) in [6.45, 7) is 2.62. The van der Waals surface area contributed by atoms with Crippen molar-refractivity contribution in [3.63, 3.8) is 0 Å². The molecule has 0 spiro atoms. The van der Waals surface area contributed by atoms with Crippen LogP contribution in [0.1, 0.15) is 35.5 Å². The summed E-state index contributed by atoms with van der Waals surface area (Å²) in [5, 5.41) is 11.2. The molecule has 1 fully saturated rings. The Hall–Kier alpha value is -1.01. The quantitative estimate of drug-likeness (QED) is 0.908. The lowest BCUT2D eigenvalue weighted by atomic mass is 9.92. The van der Waals surface area contributed by atoms with Gasteiger partial charge >= 0.3 is 5.97 Å². The molecule has 2 aliphatic rings. The number of rotatable bonds is 2. The lowest BCUT2D eigenvalue weighted by molar-refractivity contribution is -0.152. The van der Waals surface area contributed by atoms with Crippen LogP contribution in [0.3, 0.4) is 0 Å². The van der Waals surface area contributed by atoms with Crippen molar-refractivity contribution in [2.24, 2.45) is 5.92 Å². The van der Waals surface area contributed by atoms with Crippen molar-refractivity contribution >= 4 is 35.0 Å². The van der Waals surface area contributed by atoms with Crippen molar-refractivity contribution in [2.45, 2.75) is 37.5 Å². The fraction of sp³-hybridized carbons (Fsp3) is 0.600. The molecular formula is C15H19NO3S2. The van der Waals surface area contributed by atoms with Gasteiger partial charge in [-0.25, -0.2) is 4.79 Å². The van der Waals surface area contributed by atoms with E-state index >= 15 is 0 Å². The Kier molecular flexibility index (Phi) is 4.26. The zero-order chi connectivity index (χ0) is 15.0. The van der Waals surface area contributed by atoms with Gasteiger partial charge in [0, 0.05) is 11.4 Å². The van der Waals surface area contributed by atoms with E-state index in [1.807, 2.05) is 11.4 Å². The molecule has 0 radical (unpaired) electrons. The summed E-state index contributed by atoms with van der Waals surface area (Å²) in [6.07, 6.45) is 2.47. The number of hydrogen-bond acceptors (Lipinski definition) is 4. The number of aryl methyl sites for hydroxylation is 1. The van der Waals surface area contributed by atoms with Crippen LogP contribution in [0.2, 0.25) is 0 Å². The van der Waals surface area contributed by atoms with E-state index in [2.05, 4.69) is 6.92 Å². The molecule has 1 amide bonds. The molecule has 4 nitrogen and oxygen atoms in total. The summed E-state index contributed by atoms with van der Waals surface area (Å²) in [6, 6.07) is 1.36. The van der Waals surface area contributed by atoms with Crippen LogP contribution in [0.4, 0.5) is 0 Å². The Labute approximate surface area is 132 Å². The van der Waals surface area contributed by atoms with E-state index in [9.17, 15) is 14.7 Å². The van der Waals surface area contributed by atoms with Crippen molar-refractivity contribution in [3.8, 4) is 0 Å². The van der Waals surface area contributed by atoms with Gasteiger partial charge in [-0.05, 0) is 47.9 Å². The minimum atomic E-state index is -0.874. The summed E-state index contributed by atoms with van der Waals surface area (Å²) < 4.78 is 0. The fourth-order valence-electron chi connectivity index (χ4n) is 3.14. The summed E-state index contributed by atoms with van der Waals surface area (Å²) in [5.41, 5.74) is 1.10. The highest BCUT2D eigenvalue weighted by Gasteiger charge is 2.39. The van der Waals surface area contributed by atoms with Crippen LogP contribution >= 0.6 is 23.1 Å². The van der Waals surface area contributed by atoms with E-state index in [4.69, 9.17) is 0 Å². The Morgan fingerprint density at radius 1 is 1.43 bits per heavy atom.